The van der Waals surface area contributed by atoms with Gasteiger partial charge in [0.05, 0.1) is 5.69 Å². The molecule has 0 saturated heterocycles. The molecule has 7 nitrogen and oxygen atoms in total. The number of nitrogens with zero attached hydrogens (tertiary/aromatic N) is 3. The van der Waals surface area contributed by atoms with E-state index in [1.807, 2.05) is 0 Å². The number of pyridine rings is 1. The van der Waals surface area contributed by atoms with E-state index < -0.39 is 5.56 Å². The van der Waals surface area contributed by atoms with E-state index in [9.17, 15) is 9.90 Å². The first-order valence-corrected chi connectivity index (χ1v) is 6.17. The normalized spacial score (nSPS) is 11.0. The third-order valence-electron chi connectivity index (χ3n) is 2.83. The molecule has 0 saturated carbocycles. The predicted octanol–water partition coefficient (Wildman–Crippen LogP) is 2.89. The van der Waals surface area contributed by atoms with Crippen LogP contribution < -0.4 is 5.56 Å². The highest BCUT2D eigenvalue weighted by Gasteiger charge is 2.14. The van der Waals surface area contributed by atoms with Crippen LogP contribution >= 0.6 is 0 Å². The number of aromatic nitrogens is 3. The Morgan fingerprint density at radius 2 is 1.81 bits per heavy atom. The van der Waals surface area contributed by atoms with Crippen molar-refractivity contribution in [3.05, 3.63) is 59.0 Å². The van der Waals surface area contributed by atoms with Crippen molar-refractivity contribution in [1.82, 2.24) is 15.2 Å². The van der Waals surface area contributed by atoms with Crippen molar-refractivity contribution in [1.29, 1.82) is 0 Å². The zero-order valence-corrected chi connectivity index (χ0v) is 10.8. The molecule has 0 fully saturated rings. The maximum absolute atomic E-state index is 11.8. The zero-order valence-electron chi connectivity index (χ0n) is 10.8. The summed E-state index contributed by atoms with van der Waals surface area (Å²) < 4.78 is 0. The van der Waals surface area contributed by atoms with Gasteiger partial charge in [0.15, 0.2) is 11.5 Å². The second-order valence-electron chi connectivity index (χ2n) is 4.21. The predicted molar refractivity (Wildman–Crippen MR) is 76.9 cm³/mol. The number of rotatable bonds is 3. The van der Waals surface area contributed by atoms with E-state index in [0.717, 1.165) is 0 Å². The van der Waals surface area contributed by atoms with Crippen molar-refractivity contribution in [3.63, 3.8) is 0 Å². The van der Waals surface area contributed by atoms with Gasteiger partial charge in [-0.25, -0.2) is 4.98 Å². The van der Waals surface area contributed by atoms with E-state index in [1.165, 1.54) is 6.07 Å². The maximum Gasteiger partial charge on any atom is 0.292 e. The number of aromatic hydroxyl groups is 1. The summed E-state index contributed by atoms with van der Waals surface area (Å²) in [5.74, 6) is 0.434. The molecule has 2 aromatic heterocycles. The molecule has 0 spiro atoms. The molecule has 0 aliphatic heterocycles. The highest BCUT2D eigenvalue weighted by Crippen LogP contribution is 2.32. The van der Waals surface area contributed by atoms with Crippen LogP contribution in [0.2, 0.25) is 0 Å². The van der Waals surface area contributed by atoms with Crippen LogP contribution in [0.1, 0.15) is 0 Å². The van der Waals surface area contributed by atoms with Gasteiger partial charge in [-0.15, -0.1) is 10.2 Å². The number of nitrogens with one attached hydrogen (secondary N) is 2. The first-order valence-electron chi connectivity index (χ1n) is 6.17. The monoisotopic (exact) mass is 281 g/mol. The van der Waals surface area contributed by atoms with Crippen LogP contribution in [0.5, 0.6) is 5.75 Å². The fourth-order valence-electron chi connectivity index (χ4n) is 1.84. The van der Waals surface area contributed by atoms with Gasteiger partial charge in [0.2, 0.25) is 0 Å². The number of azo groups is 1. The number of phenols is 1. The number of hydrogen-bond acceptors (Lipinski definition) is 5. The van der Waals surface area contributed by atoms with Crippen LogP contribution in [-0.2, 0) is 0 Å². The summed E-state index contributed by atoms with van der Waals surface area (Å²) in [6, 6.07) is 11.8. The lowest BCUT2D eigenvalue weighted by atomic mass is 10.1. The standard InChI is InChI=1S/C14H11N5O2/c20-10-6-2-1-5-9(10)12-13(14(21)19-17-12)18-16-11-7-3-4-8-15-11/h1-8,20H,(H2,17,19,21). The van der Waals surface area contributed by atoms with Crippen molar-refractivity contribution in [3.8, 4) is 17.0 Å². The molecular weight excluding hydrogens is 270 g/mol. The van der Waals surface area contributed by atoms with Gasteiger partial charge in [-0.1, -0.05) is 18.2 Å². The third-order valence-corrected chi connectivity index (χ3v) is 2.83. The van der Waals surface area contributed by atoms with Crippen LogP contribution in [0.25, 0.3) is 11.3 Å². The van der Waals surface area contributed by atoms with Crippen molar-refractivity contribution in [2.75, 3.05) is 0 Å². The Bertz CT molecular complexity index is 836. The lowest BCUT2D eigenvalue weighted by molar-refractivity contribution is 0.477. The summed E-state index contributed by atoms with van der Waals surface area (Å²) in [5, 5.41) is 22.8. The smallest absolute Gasteiger partial charge is 0.292 e. The van der Waals surface area contributed by atoms with Gasteiger partial charge in [-0.05, 0) is 24.3 Å². The molecule has 0 unspecified atom stereocenters. The van der Waals surface area contributed by atoms with E-state index in [0.29, 0.717) is 17.1 Å². The Labute approximate surface area is 119 Å². The number of para-hydroxylation sites is 1. The van der Waals surface area contributed by atoms with E-state index in [-0.39, 0.29) is 11.4 Å². The largest absolute Gasteiger partial charge is 0.507 e. The van der Waals surface area contributed by atoms with E-state index >= 15 is 0 Å². The number of aromatic amines is 2. The quantitative estimate of drug-likeness (QED) is 0.642. The highest BCUT2D eigenvalue weighted by molar-refractivity contribution is 5.75. The van der Waals surface area contributed by atoms with Crippen LogP contribution in [-0.4, -0.2) is 20.3 Å². The molecule has 0 atom stereocenters. The van der Waals surface area contributed by atoms with E-state index in [4.69, 9.17) is 0 Å². The summed E-state index contributed by atoms with van der Waals surface area (Å²) in [4.78, 5) is 15.8. The molecule has 0 aliphatic carbocycles. The molecule has 3 aromatic rings. The molecule has 3 rings (SSSR count). The highest BCUT2D eigenvalue weighted by atomic mass is 16.3. The molecule has 0 radical (unpaired) electrons. The summed E-state index contributed by atoms with van der Waals surface area (Å²) >= 11 is 0. The second kappa shape index (κ2) is 5.41. The lowest BCUT2D eigenvalue weighted by Gasteiger charge is -2.01. The molecule has 2 heterocycles. The van der Waals surface area contributed by atoms with Gasteiger partial charge in [-0.2, -0.15) is 0 Å². The molecule has 0 bridgehead atoms. The Hall–Kier alpha value is -3.22. The Kier molecular flexibility index (Phi) is 3.30. The minimum Gasteiger partial charge on any atom is -0.507 e. The fourth-order valence-corrected chi connectivity index (χ4v) is 1.84. The molecule has 7 heteroatoms. The number of phenolic OH excluding ortho intramolecular Hbond substituents is 1. The first-order chi connectivity index (χ1) is 10.3. The Balaban J connectivity index is 2.05. The number of hydrogen-bond donors (Lipinski definition) is 3. The maximum atomic E-state index is 11.8. The molecule has 104 valence electrons. The van der Waals surface area contributed by atoms with Crippen molar-refractivity contribution >= 4 is 11.5 Å². The van der Waals surface area contributed by atoms with Crippen LogP contribution in [0.15, 0.2) is 63.7 Å². The molecule has 3 N–H and O–H groups in total. The minimum absolute atomic E-state index is 0.0436. The van der Waals surface area contributed by atoms with Crippen molar-refractivity contribution in [2.24, 2.45) is 10.2 Å². The molecule has 0 aliphatic rings. The van der Waals surface area contributed by atoms with Gasteiger partial charge >= 0.3 is 0 Å². The van der Waals surface area contributed by atoms with Crippen LogP contribution in [0.3, 0.4) is 0 Å². The van der Waals surface area contributed by atoms with Crippen molar-refractivity contribution < 1.29 is 5.11 Å². The molecule has 0 amide bonds. The lowest BCUT2D eigenvalue weighted by Crippen LogP contribution is -1.96. The summed E-state index contributed by atoms with van der Waals surface area (Å²) in [7, 11) is 0. The minimum atomic E-state index is -0.423. The van der Waals surface area contributed by atoms with Crippen LogP contribution in [0, 0.1) is 0 Å². The Morgan fingerprint density at radius 3 is 2.57 bits per heavy atom. The molecular formula is C14H11N5O2. The zero-order chi connectivity index (χ0) is 14.7. The molecule has 21 heavy (non-hydrogen) atoms. The van der Waals surface area contributed by atoms with Gasteiger partial charge in [-0.3, -0.25) is 15.0 Å². The van der Waals surface area contributed by atoms with Crippen LogP contribution in [0.4, 0.5) is 11.5 Å². The van der Waals surface area contributed by atoms with Crippen molar-refractivity contribution in [2.45, 2.75) is 0 Å². The number of H-pyrrole nitrogens is 2. The fraction of sp³-hybridized carbons (Fsp3) is 0. The SMILES string of the molecule is O=c1[nH][nH]c(-c2ccccc2O)c1N=Nc1ccccn1. The average Bonchev–Trinajstić information content (AvgIpc) is 2.88. The first kappa shape index (κ1) is 12.8. The van der Waals surface area contributed by atoms with E-state index in [1.54, 1.807) is 42.6 Å². The summed E-state index contributed by atoms with van der Waals surface area (Å²) in [5.41, 5.74) is 0.499. The van der Waals surface area contributed by atoms with E-state index in [2.05, 4.69) is 25.4 Å². The summed E-state index contributed by atoms with van der Waals surface area (Å²) in [6.45, 7) is 0. The summed E-state index contributed by atoms with van der Waals surface area (Å²) in [6.07, 6.45) is 1.58. The third kappa shape index (κ3) is 2.57. The topological polar surface area (TPSA) is 106 Å². The van der Waals surface area contributed by atoms with Gasteiger partial charge in [0, 0.05) is 11.8 Å². The average molecular weight is 281 g/mol. The second-order valence-corrected chi connectivity index (χ2v) is 4.21. The van der Waals surface area contributed by atoms with Gasteiger partial charge < -0.3 is 5.11 Å². The van der Waals surface area contributed by atoms with Gasteiger partial charge in [0.1, 0.15) is 5.75 Å². The molecule has 1 aromatic carbocycles. The Morgan fingerprint density at radius 1 is 1.00 bits per heavy atom. The number of benzene rings is 1. The van der Waals surface area contributed by atoms with Gasteiger partial charge in [0.25, 0.3) is 5.56 Å².